The molecule has 1 N–H and O–H groups in total. The first-order chi connectivity index (χ1) is 15.8. The van der Waals surface area contributed by atoms with Crippen LogP contribution in [0.25, 0.3) is 0 Å². The molecule has 0 fully saturated rings. The number of nitrogens with one attached hydrogen (secondary N) is 1. The summed E-state index contributed by atoms with van der Waals surface area (Å²) in [6.45, 7) is 6.88. The molecule has 2 rings (SSSR count). The van der Waals surface area contributed by atoms with Crippen LogP contribution in [0.3, 0.4) is 0 Å². The molecule has 0 aliphatic heterocycles. The van der Waals surface area contributed by atoms with E-state index in [1.807, 2.05) is 13.8 Å². The zero-order chi connectivity index (χ0) is 25.6. The maximum absolute atomic E-state index is 13.5. The molecule has 0 saturated heterocycles. The largest absolute Gasteiger partial charge is 0.352 e. The minimum absolute atomic E-state index is 0.0651. The summed E-state index contributed by atoms with van der Waals surface area (Å²) < 4.78 is 26.2. The van der Waals surface area contributed by atoms with Gasteiger partial charge in [-0.15, -0.1) is 0 Å². The molecule has 0 saturated carbocycles. The third-order valence-electron chi connectivity index (χ3n) is 5.56. The lowest BCUT2D eigenvalue weighted by atomic mass is 10.1. The Labute approximate surface area is 212 Å². The van der Waals surface area contributed by atoms with E-state index < -0.39 is 28.5 Å². The average molecular weight is 529 g/mol. The van der Waals surface area contributed by atoms with Crippen molar-refractivity contribution in [2.75, 3.05) is 17.1 Å². The predicted octanol–water partition coefficient (Wildman–Crippen LogP) is 4.40. The van der Waals surface area contributed by atoms with Crippen LogP contribution in [0.1, 0.15) is 38.3 Å². The Hall–Kier alpha value is -2.29. The highest BCUT2D eigenvalue weighted by Gasteiger charge is 2.30. The maximum atomic E-state index is 13.5. The number of amides is 2. The summed E-state index contributed by atoms with van der Waals surface area (Å²) in [6.07, 6.45) is 1.76. The van der Waals surface area contributed by atoms with Crippen LogP contribution in [0.5, 0.6) is 0 Å². The van der Waals surface area contributed by atoms with Crippen molar-refractivity contribution in [3.05, 3.63) is 63.6 Å². The van der Waals surface area contributed by atoms with Crippen LogP contribution in [-0.2, 0) is 26.2 Å². The van der Waals surface area contributed by atoms with Crippen molar-refractivity contribution in [3.8, 4) is 0 Å². The van der Waals surface area contributed by atoms with Gasteiger partial charge in [0, 0.05) is 22.6 Å². The Morgan fingerprint density at radius 3 is 2.21 bits per heavy atom. The number of nitrogens with zero attached hydrogens (tertiary/aromatic N) is 2. The molecule has 2 amide bonds. The number of carbonyl (C=O) groups is 2. The molecule has 186 valence electrons. The summed E-state index contributed by atoms with van der Waals surface area (Å²) >= 11 is 12.2. The van der Waals surface area contributed by atoms with Crippen LogP contribution in [0.2, 0.25) is 10.0 Å². The van der Waals surface area contributed by atoms with Crippen LogP contribution >= 0.6 is 23.2 Å². The Bertz CT molecular complexity index is 1120. The standard InChI is InChI=1S/C24H31Cl2N3O4S/c1-6-17(3)27-24(31)18(4)28(14-19-8-10-20(25)11-9-19)23(30)15-29(34(5,32)33)21-12-7-16(2)22(26)13-21/h7-13,17-18H,6,14-15H2,1-5H3,(H,27,31)/t17-,18+/m1/s1. The molecule has 2 aromatic carbocycles. The molecule has 2 aromatic rings. The van der Waals surface area contributed by atoms with Crippen molar-refractivity contribution in [2.24, 2.45) is 0 Å². The Morgan fingerprint density at radius 1 is 1.06 bits per heavy atom. The lowest BCUT2D eigenvalue weighted by Crippen LogP contribution is -2.52. The summed E-state index contributed by atoms with van der Waals surface area (Å²) in [7, 11) is -3.81. The number of halogens is 2. The summed E-state index contributed by atoms with van der Waals surface area (Å²) in [5.74, 6) is -0.843. The molecule has 7 nitrogen and oxygen atoms in total. The number of sulfonamides is 1. The monoisotopic (exact) mass is 527 g/mol. The van der Waals surface area contributed by atoms with Gasteiger partial charge >= 0.3 is 0 Å². The Morgan fingerprint density at radius 2 is 1.68 bits per heavy atom. The molecule has 0 bridgehead atoms. The third-order valence-corrected chi connectivity index (χ3v) is 7.36. The fraction of sp³-hybridized carbons (Fsp3) is 0.417. The first-order valence-corrected chi connectivity index (χ1v) is 13.5. The first kappa shape index (κ1) is 28.0. The smallest absolute Gasteiger partial charge is 0.244 e. The van der Waals surface area contributed by atoms with Gasteiger partial charge in [0.15, 0.2) is 0 Å². The molecule has 10 heteroatoms. The third kappa shape index (κ3) is 7.61. The summed E-state index contributed by atoms with van der Waals surface area (Å²) in [6, 6.07) is 10.8. The minimum Gasteiger partial charge on any atom is -0.352 e. The molecule has 34 heavy (non-hydrogen) atoms. The summed E-state index contributed by atoms with van der Waals surface area (Å²) in [5.41, 5.74) is 1.81. The maximum Gasteiger partial charge on any atom is 0.244 e. The highest BCUT2D eigenvalue weighted by molar-refractivity contribution is 7.92. The van der Waals surface area contributed by atoms with E-state index in [1.54, 1.807) is 50.2 Å². The van der Waals surface area contributed by atoms with Gasteiger partial charge in [-0.25, -0.2) is 8.42 Å². The van der Waals surface area contributed by atoms with Crippen molar-refractivity contribution in [2.45, 2.75) is 52.7 Å². The lowest BCUT2D eigenvalue weighted by Gasteiger charge is -2.32. The van der Waals surface area contributed by atoms with Crippen LogP contribution in [0, 0.1) is 6.92 Å². The molecule has 0 radical (unpaired) electrons. The van der Waals surface area contributed by atoms with Crippen molar-refractivity contribution >= 4 is 50.7 Å². The van der Waals surface area contributed by atoms with Crippen LogP contribution < -0.4 is 9.62 Å². The van der Waals surface area contributed by atoms with E-state index in [0.29, 0.717) is 10.0 Å². The van der Waals surface area contributed by atoms with Crippen LogP contribution in [0.15, 0.2) is 42.5 Å². The number of rotatable bonds is 10. The van der Waals surface area contributed by atoms with Gasteiger partial charge in [-0.3, -0.25) is 13.9 Å². The van der Waals surface area contributed by atoms with E-state index in [2.05, 4.69) is 5.32 Å². The van der Waals surface area contributed by atoms with Crippen molar-refractivity contribution in [1.29, 1.82) is 0 Å². The molecule has 0 spiro atoms. The summed E-state index contributed by atoms with van der Waals surface area (Å²) in [5, 5.41) is 3.82. The highest BCUT2D eigenvalue weighted by atomic mass is 35.5. The molecule has 0 aliphatic rings. The topological polar surface area (TPSA) is 86.8 Å². The van der Waals surface area contributed by atoms with E-state index in [9.17, 15) is 18.0 Å². The number of benzene rings is 2. The Kier molecular flexibility index (Phi) is 9.79. The van der Waals surface area contributed by atoms with Crippen molar-refractivity contribution < 1.29 is 18.0 Å². The van der Waals surface area contributed by atoms with Crippen molar-refractivity contribution in [1.82, 2.24) is 10.2 Å². The van der Waals surface area contributed by atoms with Gasteiger partial charge in [0.25, 0.3) is 0 Å². The van der Waals surface area contributed by atoms with E-state index in [4.69, 9.17) is 23.2 Å². The number of hydrogen-bond donors (Lipinski definition) is 1. The highest BCUT2D eigenvalue weighted by Crippen LogP contribution is 2.25. The fourth-order valence-corrected chi connectivity index (χ4v) is 4.33. The molecule has 0 heterocycles. The van der Waals surface area contributed by atoms with Crippen LogP contribution in [0.4, 0.5) is 5.69 Å². The second kappa shape index (κ2) is 11.9. The number of anilines is 1. The van der Waals surface area contributed by atoms with Gasteiger partial charge in [0.05, 0.1) is 11.9 Å². The lowest BCUT2D eigenvalue weighted by molar-refractivity contribution is -0.139. The SMILES string of the molecule is CC[C@@H](C)NC(=O)[C@H](C)N(Cc1ccc(Cl)cc1)C(=O)CN(c1ccc(C)c(Cl)c1)S(C)(=O)=O. The average Bonchev–Trinajstić information content (AvgIpc) is 2.77. The molecule has 2 atom stereocenters. The van der Waals surface area contributed by atoms with Gasteiger partial charge in [0.1, 0.15) is 12.6 Å². The quantitative estimate of drug-likeness (QED) is 0.495. The van der Waals surface area contributed by atoms with E-state index in [-0.39, 0.29) is 24.2 Å². The zero-order valence-electron chi connectivity index (χ0n) is 20.0. The Balaban J connectivity index is 2.39. The van der Waals surface area contributed by atoms with Gasteiger partial charge in [-0.05, 0) is 62.6 Å². The molecule has 0 aromatic heterocycles. The van der Waals surface area contributed by atoms with E-state index >= 15 is 0 Å². The first-order valence-electron chi connectivity index (χ1n) is 10.9. The summed E-state index contributed by atoms with van der Waals surface area (Å²) in [4.78, 5) is 27.7. The molecular weight excluding hydrogens is 497 g/mol. The van der Waals surface area contributed by atoms with E-state index in [0.717, 1.165) is 28.1 Å². The number of hydrogen-bond acceptors (Lipinski definition) is 4. The van der Waals surface area contributed by atoms with E-state index in [1.165, 1.54) is 11.0 Å². The number of aryl methyl sites for hydroxylation is 1. The van der Waals surface area contributed by atoms with Gasteiger partial charge in [-0.2, -0.15) is 0 Å². The molecule has 0 aliphatic carbocycles. The van der Waals surface area contributed by atoms with Gasteiger partial charge < -0.3 is 10.2 Å². The predicted molar refractivity (Wildman–Crippen MR) is 138 cm³/mol. The fourth-order valence-electron chi connectivity index (χ4n) is 3.19. The number of carbonyl (C=O) groups excluding carboxylic acids is 2. The second-order valence-electron chi connectivity index (χ2n) is 8.35. The molecular formula is C24H31Cl2N3O4S. The van der Waals surface area contributed by atoms with Gasteiger partial charge in [-0.1, -0.05) is 48.3 Å². The zero-order valence-corrected chi connectivity index (χ0v) is 22.3. The van der Waals surface area contributed by atoms with Crippen molar-refractivity contribution in [3.63, 3.8) is 0 Å². The second-order valence-corrected chi connectivity index (χ2v) is 11.1. The minimum atomic E-state index is -3.81. The van der Waals surface area contributed by atoms with Gasteiger partial charge in [0.2, 0.25) is 21.8 Å². The van der Waals surface area contributed by atoms with Crippen LogP contribution in [-0.4, -0.2) is 50.0 Å². The molecule has 0 unspecified atom stereocenters. The normalized spacial score (nSPS) is 13.1.